The van der Waals surface area contributed by atoms with Crippen LogP contribution in [0.2, 0.25) is 0 Å². The van der Waals surface area contributed by atoms with Crippen LogP contribution in [0.4, 0.5) is 18.0 Å². The van der Waals surface area contributed by atoms with E-state index in [2.05, 4.69) is 27.7 Å². The van der Waals surface area contributed by atoms with Gasteiger partial charge in [-0.25, -0.2) is 9.59 Å². The van der Waals surface area contributed by atoms with Gasteiger partial charge in [-0.1, -0.05) is 42.5 Å². The molecule has 10 heteroatoms. The van der Waals surface area contributed by atoms with Crippen molar-refractivity contribution in [3.8, 4) is 5.75 Å². The fourth-order valence-electron chi connectivity index (χ4n) is 4.76. The van der Waals surface area contributed by atoms with Gasteiger partial charge in [0.1, 0.15) is 11.9 Å². The molecule has 7 nitrogen and oxygen atoms in total. The average molecular weight is 570 g/mol. The van der Waals surface area contributed by atoms with E-state index in [4.69, 9.17) is 9.47 Å². The van der Waals surface area contributed by atoms with E-state index in [1.54, 1.807) is 24.3 Å². The number of benzene rings is 3. The number of hydrogen-bond donors (Lipinski definition) is 2. The number of likely N-dealkylation sites (tertiary alicyclic amines) is 1. The van der Waals surface area contributed by atoms with Crippen molar-refractivity contribution >= 4 is 12.0 Å². The van der Waals surface area contributed by atoms with E-state index >= 15 is 0 Å². The van der Waals surface area contributed by atoms with Gasteiger partial charge in [-0.3, -0.25) is 4.90 Å². The number of halogens is 3. The molecule has 2 amide bonds. The zero-order chi connectivity index (χ0) is 29.2. The summed E-state index contributed by atoms with van der Waals surface area (Å²) >= 11 is 0. The summed E-state index contributed by atoms with van der Waals surface area (Å²) in [5, 5.41) is 5.88. The minimum atomic E-state index is -4.45. The van der Waals surface area contributed by atoms with Crippen LogP contribution in [0.1, 0.15) is 52.4 Å². The molecule has 1 unspecified atom stereocenters. The number of rotatable bonds is 10. The molecule has 1 atom stereocenters. The summed E-state index contributed by atoms with van der Waals surface area (Å²) in [5.74, 6) is -0.0674. The van der Waals surface area contributed by atoms with E-state index in [9.17, 15) is 22.8 Å². The van der Waals surface area contributed by atoms with Gasteiger partial charge in [-0.05, 0) is 60.4 Å². The van der Waals surface area contributed by atoms with E-state index < -0.39 is 23.8 Å². The van der Waals surface area contributed by atoms with Crippen LogP contribution in [0.25, 0.3) is 0 Å². The number of esters is 1. The Morgan fingerprint density at radius 3 is 2.22 bits per heavy atom. The molecular weight excluding hydrogens is 535 g/mol. The van der Waals surface area contributed by atoms with Crippen LogP contribution in [0.5, 0.6) is 5.75 Å². The van der Waals surface area contributed by atoms with Crippen LogP contribution in [0.3, 0.4) is 0 Å². The highest BCUT2D eigenvalue weighted by Crippen LogP contribution is 2.31. The van der Waals surface area contributed by atoms with Crippen molar-refractivity contribution in [1.29, 1.82) is 0 Å². The second kappa shape index (κ2) is 14.0. The van der Waals surface area contributed by atoms with Crippen molar-refractivity contribution in [2.24, 2.45) is 0 Å². The molecule has 3 aromatic rings. The molecule has 1 heterocycles. The number of carbonyl (C=O) groups excluding carboxylic acids is 2. The molecule has 0 saturated carbocycles. The summed E-state index contributed by atoms with van der Waals surface area (Å²) < 4.78 is 50.0. The zero-order valence-electron chi connectivity index (χ0n) is 22.8. The summed E-state index contributed by atoms with van der Waals surface area (Å²) in [7, 11) is 1.28. The number of ether oxygens (including phenoxy) is 2. The predicted molar refractivity (Wildman–Crippen MR) is 148 cm³/mol. The fourth-order valence-corrected chi connectivity index (χ4v) is 4.76. The predicted octanol–water partition coefficient (Wildman–Crippen LogP) is 5.97. The van der Waals surface area contributed by atoms with Gasteiger partial charge in [-0.2, -0.15) is 13.2 Å². The number of alkyl halides is 3. The lowest BCUT2D eigenvalue weighted by atomic mass is 10.0. The lowest BCUT2D eigenvalue weighted by Crippen LogP contribution is -2.48. The number of piperidine rings is 1. The molecular formula is C31H34F3N3O4. The maximum absolute atomic E-state index is 13.1. The van der Waals surface area contributed by atoms with Gasteiger partial charge < -0.3 is 20.1 Å². The van der Waals surface area contributed by atoms with E-state index in [1.807, 2.05) is 18.2 Å². The molecule has 3 aromatic carbocycles. The van der Waals surface area contributed by atoms with Crippen LogP contribution in [0, 0.1) is 0 Å². The summed E-state index contributed by atoms with van der Waals surface area (Å²) in [5.41, 5.74) is 1.38. The molecule has 0 bridgehead atoms. The van der Waals surface area contributed by atoms with E-state index in [-0.39, 0.29) is 18.6 Å². The molecule has 1 saturated heterocycles. The van der Waals surface area contributed by atoms with E-state index in [0.29, 0.717) is 23.3 Å². The third-order valence-electron chi connectivity index (χ3n) is 7.03. The third-order valence-corrected chi connectivity index (χ3v) is 7.03. The summed E-state index contributed by atoms with van der Waals surface area (Å²) in [4.78, 5) is 26.7. The Balaban J connectivity index is 1.30. The number of nitrogens with zero attached hydrogens (tertiary/aromatic N) is 1. The molecule has 1 aliphatic rings. The molecule has 0 radical (unpaired) electrons. The summed E-state index contributed by atoms with van der Waals surface area (Å²) in [6.45, 7) is 2.90. The van der Waals surface area contributed by atoms with Crippen LogP contribution in [-0.2, 0) is 17.5 Å². The van der Waals surface area contributed by atoms with Crippen LogP contribution in [0.15, 0.2) is 78.9 Å². The van der Waals surface area contributed by atoms with Crippen molar-refractivity contribution in [2.45, 2.75) is 44.1 Å². The Morgan fingerprint density at radius 2 is 1.61 bits per heavy atom. The second-order valence-corrected chi connectivity index (χ2v) is 9.97. The minimum Gasteiger partial charge on any atom is -0.486 e. The van der Waals surface area contributed by atoms with Crippen molar-refractivity contribution in [3.05, 3.63) is 101 Å². The van der Waals surface area contributed by atoms with Gasteiger partial charge in [0.25, 0.3) is 0 Å². The van der Waals surface area contributed by atoms with Gasteiger partial charge in [0.15, 0.2) is 0 Å². The maximum atomic E-state index is 13.1. The van der Waals surface area contributed by atoms with Gasteiger partial charge in [-0.15, -0.1) is 0 Å². The van der Waals surface area contributed by atoms with Gasteiger partial charge in [0.05, 0.1) is 18.2 Å². The molecule has 1 aliphatic heterocycles. The van der Waals surface area contributed by atoms with Crippen LogP contribution in [-0.4, -0.2) is 49.7 Å². The van der Waals surface area contributed by atoms with Crippen LogP contribution >= 0.6 is 0 Å². The Bertz CT molecular complexity index is 1260. The number of amides is 2. The van der Waals surface area contributed by atoms with Gasteiger partial charge in [0.2, 0.25) is 0 Å². The first kappa shape index (κ1) is 29.9. The third kappa shape index (κ3) is 8.97. The monoisotopic (exact) mass is 569 g/mol. The topological polar surface area (TPSA) is 79.9 Å². The highest BCUT2D eigenvalue weighted by Gasteiger charge is 2.30. The number of hydrogen-bond acceptors (Lipinski definition) is 5. The SMILES string of the molecule is COC(=O)c1ccc(OC(CCNC(=O)NC2CCN(Cc3ccccc3)CC2)c2ccc(C(F)(F)F)cc2)cc1. The highest BCUT2D eigenvalue weighted by molar-refractivity contribution is 5.89. The molecule has 4 rings (SSSR count). The zero-order valence-corrected chi connectivity index (χ0v) is 22.8. The first-order valence-corrected chi connectivity index (χ1v) is 13.5. The van der Waals surface area contributed by atoms with Crippen molar-refractivity contribution in [2.75, 3.05) is 26.7 Å². The molecule has 1 fully saturated rings. The Kier molecular flexibility index (Phi) is 10.2. The van der Waals surface area contributed by atoms with Gasteiger partial charge in [0, 0.05) is 38.6 Å². The smallest absolute Gasteiger partial charge is 0.416 e. The number of carbonyl (C=O) groups is 2. The Morgan fingerprint density at radius 1 is 0.951 bits per heavy atom. The number of nitrogens with one attached hydrogen (secondary N) is 2. The molecule has 41 heavy (non-hydrogen) atoms. The van der Waals surface area contributed by atoms with E-state index in [0.717, 1.165) is 44.6 Å². The lowest BCUT2D eigenvalue weighted by Gasteiger charge is -2.32. The summed E-state index contributed by atoms with van der Waals surface area (Å²) in [6, 6.07) is 21.1. The van der Waals surface area contributed by atoms with Crippen molar-refractivity contribution in [3.63, 3.8) is 0 Å². The Labute approximate surface area is 237 Å². The number of urea groups is 1. The number of methoxy groups -OCH3 is 1. The molecule has 2 N–H and O–H groups in total. The average Bonchev–Trinajstić information content (AvgIpc) is 2.98. The van der Waals surface area contributed by atoms with E-state index in [1.165, 1.54) is 24.8 Å². The van der Waals surface area contributed by atoms with Crippen LogP contribution < -0.4 is 15.4 Å². The standard InChI is InChI=1S/C31H34F3N3O4/c1-40-29(38)24-9-13-27(14-10-24)41-28(23-7-11-25(12-8-23)31(32,33)34)15-18-35-30(39)36-26-16-19-37(20-17-26)21-22-5-3-2-4-6-22/h2-14,26,28H,15-21H2,1H3,(H2,35,36,39). The normalized spacial score (nSPS) is 15.1. The molecule has 0 spiro atoms. The molecule has 0 aliphatic carbocycles. The van der Waals surface area contributed by atoms with Gasteiger partial charge >= 0.3 is 18.2 Å². The minimum absolute atomic E-state index is 0.0670. The lowest BCUT2D eigenvalue weighted by molar-refractivity contribution is -0.137. The highest BCUT2D eigenvalue weighted by atomic mass is 19.4. The summed E-state index contributed by atoms with van der Waals surface area (Å²) in [6.07, 6.45) is -3.08. The quantitative estimate of drug-likeness (QED) is 0.295. The molecule has 218 valence electrons. The largest absolute Gasteiger partial charge is 0.486 e. The first-order chi connectivity index (χ1) is 19.7. The fraction of sp³-hybridized carbons (Fsp3) is 0.355. The molecule has 0 aromatic heterocycles. The van der Waals surface area contributed by atoms with Crippen molar-refractivity contribution < 1.29 is 32.2 Å². The second-order valence-electron chi connectivity index (χ2n) is 9.97. The first-order valence-electron chi connectivity index (χ1n) is 13.5. The Hall–Kier alpha value is -4.05. The van der Waals surface area contributed by atoms with Crippen molar-refractivity contribution in [1.82, 2.24) is 15.5 Å². The maximum Gasteiger partial charge on any atom is 0.416 e.